The van der Waals surface area contributed by atoms with E-state index >= 15 is 0 Å². The van der Waals surface area contributed by atoms with Crippen molar-refractivity contribution in [2.75, 3.05) is 5.75 Å². The number of hydrogen-bond acceptors (Lipinski definition) is 3. The monoisotopic (exact) mass is 291 g/mol. The summed E-state index contributed by atoms with van der Waals surface area (Å²) in [5.41, 5.74) is 0.788. The lowest BCUT2D eigenvalue weighted by molar-refractivity contribution is -0.138. The molecule has 0 radical (unpaired) electrons. The molecule has 0 aliphatic heterocycles. The van der Waals surface area contributed by atoms with E-state index in [-0.39, 0.29) is 12.2 Å². The molecule has 5 nitrogen and oxygen atoms in total. The number of nitrogens with one attached hydrogen (secondary N) is 1. The molecule has 1 atom stereocenters. The van der Waals surface area contributed by atoms with E-state index in [1.807, 2.05) is 0 Å². The number of carboxylic acid groups (broad SMARTS) is 1. The maximum absolute atomic E-state index is 11.6. The van der Waals surface area contributed by atoms with Crippen molar-refractivity contribution in [3.8, 4) is 0 Å². The van der Waals surface area contributed by atoms with Crippen molar-refractivity contribution < 1.29 is 18.3 Å². The van der Waals surface area contributed by atoms with Crippen molar-refractivity contribution in [3.05, 3.63) is 34.9 Å². The maximum atomic E-state index is 11.6. The van der Waals surface area contributed by atoms with Gasteiger partial charge >= 0.3 is 5.97 Å². The molecule has 0 aliphatic rings. The van der Waals surface area contributed by atoms with Crippen LogP contribution in [0.5, 0.6) is 0 Å². The molecule has 0 spiro atoms. The largest absolute Gasteiger partial charge is 0.480 e. The lowest BCUT2D eigenvalue weighted by atomic mass is 10.2. The first kappa shape index (κ1) is 14.9. The maximum Gasteiger partial charge on any atom is 0.321 e. The number of rotatable bonds is 6. The molecule has 100 valence electrons. The second-order valence-electron chi connectivity index (χ2n) is 3.88. The molecular formula is C11H14ClNO4S. The molecule has 7 heteroatoms. The Labute approximate surface area is 111 Å². The highest BCUT2D eigenvalue weighted by atomic mass is 35.5. The Balaban J connectivity index is 2.59. The molecule has 2 N–H and O–H groups in total. The van der Waals surface area contributed by atoms with E-state index in [1.54, 1.807) is 24.3 Å². The molecule has 0 fully saturated rings. The van der Waals surface area contributed by atoms with Crippen LogP contribution in [0.1, 0.15) is 12.5 Å². The van der Waals surface area contributed by atoms with Gasteiger partial charge in [0.2, 0.25) is 10.0 Å². The first-order valence-corrected chi connectivity index (χ1v) is 7.30. The number of halogens is 1. The standard InChI is InChI=1S/C11H14ClNO4S/c1-8(11(14)15)13-18(16,17)6-5-9-3-2-4-10(12)7-9/h2-4,7-8,13H,5-6H2,1H3,(H,14,15). The fraction of sp³-hybridized carbons (Fsp3) is 0.364. The van der Waals surface area contributed by atoms with E-state index in [9.17, 15) is 13.2 Å². The topological polar surface area (TPSA) is 83.5 Å². The highest BCUT2D eigenvalue weighted by Gasteiger charge is 2.19. The second-order valence-corrected chi connectivity index (χ2v) is 6.19. The van der Waals surface area contributed by atoms with Crippen LogP contribution < -0.4 is 4.72 Å². The number of carbonyl (C=O) groups is 1. The van der Waals surface area contributed by atoms with E-state index in [1.165, 1.54) is 6.92 Å². The lowest BCUT2D eigenvalue weighted by Crippen LogP contribution is -2.39. The van der Waals surface area contributed by atoms with Gasteiger partial charge in [0.1, 0.15) is 6.04 Å². The first-order valence-electron chi connectivity index (χ1n) is 5.27. The molecule has 1 aromatic rings. The van der Waals surface area contributed by atoms with Crippen LogP contribution in [0.2, 0.25) is 5.02 Å². The minimum atomic E-state index is -3.61. The minimum absolute atomic E-state index is 0.176. The van der Waals surface area contributed by atoms with Gasteiger partial charge in [-0.2, -0.15) is 0 Å². The highest BCUT2D eigenvalue weighted by molar-refractivity contribution is 7.89. The molecule has 0 aromatic heterocycles. The molecular weight excluding hydrogens is 278 g/mol. The first-order chi connectivity index (χ1) is 8.30. The van der Waals surface area contributed by atoms with E-state index < -0.39 is 22.0 Å². The van der Waals surface area contributed by atoms with Gasteiger partial charge in [0.15, 0.2) is 0 Å². The van der Waals surface area contributed by atoms with Crippen molar-refractivity contribution in [1.29, 1.82) is 0 Å². The smallest absolute Gasteiger partial charge is 0.321 e. The average molecular weight is 292 g/mol. The summed E-state index contributed by atoms with van der Waals surface area (Å²) in [6.45, 7) is 1.28. The van der Waals surface area contributed by atoms with Gasteiger partial charge in [0, 0.05) is 5.02 Å². The average Bonchev–Trinajstić information content (AvgIpc) is 2.26. The van der Waals surface area contributed by atoms with Gasteiger partial charge in [-0.05, 0) is 31.0 Å². The molecule has 1 aromatic carbocycles. The molecule has 1 unspecified atom stereocenters. The van der Waals surface area contributed by atoms with E-state index in [2.05, 4.69) is 4.72 Å². The Morgan fingerprint density at radius 1 is 1.50 bits per heavy atom. The fourth-order valence-electron chi connectivity index (χ4n) is 1.32. The van der Waals surface area contributed by atoms with Gasteiger partial charge in [-0.3, -0.25) is 4.79 Å². The van der Waals surface area contributed by atoms with Gasteiger partial charge in [-0.15, -0.1) is 0 Å². The number of carboxylic acids is 1. The quantitative estimate of drug-likeness (QED) is 0.827. The number of aryl methyl sites for hydroxylation is 1. The third kappa shape index (κ3) is 5.03. The van der Waals surface area contributed by atoms with Gasteiger partial charge in [-0.1, -0.05) is 23.7 Å². The Morgan fingerprint density at radius 3 is 2.72 bits per heavy atom. The summed E-state index contributed by atoms with van der Waals surface area (Å²) in [5.74, 6) is -1.38. The van der Waals surface area contributed by atoms with Crippen LogP contribution in [0.15, 0.2) is 24.3 Å². The summed E-state index contributed by atoms with van der Waals surface area (Å²) < 4.78 is 25.3. The second kappa shape index (κ2) is 6.17. The Morgan fingerprint density at radius 2 is 2.17 bits per heavy atom. The third-order valence-corrected chi connectivity index (χ3v) is 3.96. The Kier molecular flexibility index (Phi) is 5.13. The number of hydrogen-bond donors (Lipinski definition) is 2. The zero-order chi connectivity index (χ0) is 13.8. The molecule has 18 heavy (non-hydrogen) atoms. The van der Waals surface area contributed by atoms with Crippen LogP contribution in [0, 0.1) is 0 Å². The summed E-state index contributed by atoms with van der Waals surface area (Å²) in [7, 11) is -3.61. The molecule has 0 amide bonds. The van der Waals surface area contributed by atoms with Gasteiger partial charge in [0.25, 0.3) is 0 Å². The van der Waals surface area contributed by atoms with Crippen molar-refractivity contribution in [2.24, 2.45) is 0 Å². The molecule has 0 saturated heterocycles. The van der Waals surface area contributed by atoms with Crippen LogP contribution in [0.4, 0.5) is 0 Å². The van der Waals surface area contributed by atoms with Crippen molar-refractivity contribution in [2.45, 2.75) is 19.4 Å². The van der Waals surface area contributed by atoms with Crippen molar-refractivity contribution in [3.63, 3.8) is 0 Å². The molecule has 1 rings (SSSR count). The Hall–Kier alpha value is -1.11. The van der Waals surface area contributed by atoms with E-state index in [0.29, 0.717) is 5.02 Å². The summed E-state index contributed by atoms with van der Waals surface area (Å²) >= 11 is 5.78. The summed E-state index contributed by atoms with van der Waals surface area (Å²) in [4.78, 5) is 10.6. The molecule has 0 aliphatic carbocycles. The van der Waals surface area contributed by atoms with Crippen molar-refractivity contribution in [1.82, 2.24) is 4.72 Å². The zero-order valence-electron chi connectivity index (χ0n) is 9.76. The van der Waals surface area contributed by atoms with Gasteiger partial charge in [0.05, 0.1) is 5.75 Å². The highest BCUT2D eigenvalue weighted by Crippen LogP contribution is 2.11. The van der Waals surface area contributed by atoms with Crippen LogP contribution in [-0.4, -0.2) is 31.3 Å². The van der Waals surface area contributed by atoms with E-state index in [4.69, 9.17) is 16.7 Å². The van der Waals surface area contributed by atoms with Crippen molar-refractivity contribution >= 4 is 27.6 Å². The van der Waals surface area contributed by atoms with Gasteiger partial charge in [-0.25, -0.2) is 13.1 Å². The van der Waals surface area contributed by atoms with E-state index in [0.717, 1.165) is 5.56 Å². The SMILES string of the molecule is CC(NS(=O)(=O)CCc1cccc(Cl)c1)C(=O)O. The Bertz CT molecular complexity index is 530. The molecule has 0 bridgehead atoms. The molecule has 0 heterocycles. The summed E-state index contributed by atoms with van der Waals surface area (Å²) in [6.07, 6.45) is 0.280. The van der Waals surface area contributed by atoms with Crippen LogP contribution >= 0.6 is 11.6 Å². The van der Waals surface area contributed by atoms with Crippen LogP contribution in [0.25, 0.3) is 0 Å². The third-order valence-electron chi connectivity index (χ3n) is 2.28. The fourth-order valence-corrected chi connectivity index (χ4v) is 2.80. The number of aliphatic carboxylic acids is 1. The zero-order valence-corrected chi connectivity index (χ0v) is 11.3. The summed E-state index contributed by atoms with van der Waals surface area (Å²) in [5, 5.41) is 9.16. The van der Waals surface area contributed by atoms with Crippen LogP contribution in [-0.2, 0) is 21.2 Å². The normalized spacial score (nSPS) is 13.2. The molecule has 0 saturated carbocycles. The predicted octanol–water partition coefficient (Wildman–Crippen LogP) is 1.27. The predicted molar refractivity (Wildman–Crippen MR) is 69.2 cm³/mol. The summed E-state index contributed by atoms with van der Waals surface area (Å²) in [6, 6.07) is 5.75. The van der Waals surface area contributed by atoms with Crippen LogP contribution in [0.3, 0.4) is 0 Å². The lowest BCUT2D eigenvalue weighted by Gasteiger charge is -2.10. The minimum Gasteiger partial charge on any atom is -0.480 e. The number of sulfonamides is 1. The van der Waals surface area contributed by atoms with Gasteiger partial charge < -0.3 is 5.11 Å². The number of benzene rings is 1.